The molecule has 2 aromatic carbocycles. The Morgan fingerprint density at radius 3 is 2.68 bits per heavy atom. The Labute approximate surface area is 150 Å². The predicted molar refractivity (Wildman–Crippen MR) is 96.2 cm³/mol. The van der Waals surface area contributed by atoms with E-state index >= 15 is 0 Å². The Bertz CT molecular complexity index is 737. The molecule has 7 nitrogen and oxygen atoms in total. The molecule has 0 saturated heterocycles. The summed E-state index contributed by atoms with van der Waals surface area (Å²) >= 11 is 5.80. The van der Waals surface area contributed by atoms with Crippen LogP contribution in [0.15, 0.2) is 48.5 Å². The third-order valence-corrected chi connectivity index (χ3v) is 3.56. The van der Waals surface area contributed by atoms with E-state index in [1.165, 1.54) is 18.2 Å². The molecule has 0 aromatic heterocycles. The lowest BCUT2D eigenvalue weighted by Gasteiger charge is -2.16. The van der Waals surface area contributed by atoms with Gasteiger partial charge in [0.1, 0.15) is 12.4 Å². The van der Waals surface area contributed by atoms with Gasteiger partial charge >= 0.3 is 0 Å². The van der Waals surface area contributed by atoms with Crippen LogP contribution >= 0.6 is 11.6 Å². The van der Waals surface area contributed by atoms with Crippen molar-refractivity contribution in [2.75, 3.05) is 32.1 Å². The summed E-state index contributed by atoms with van der Waals surface area (Å²) in [5.41, 5.74) is 0.326. The highest BCUT2D eigenvalue weighted by Gasteiger charge is 2.10. The van der Waals surface area contributed by atoms with E-state index < -0.39 is 4.92 Å². The molecule has 0 saturated carbocycles. The van der Waals surface area contributed by atoms with Gasteiger partial charge in [-0.3, -0.25) is 19.8 Å². The molecular weight excluding hydrogens is 346 g/mol. The number of nitrogens with one attached hydrogen (secondary N) is 1. The molecule has 0 radical (unpaired) electrons. The van der Waals surface area contributed by atoms with Gasteiger partial charge in [-0.2, -0.15) is 0 Å². The second-order valence-electron chi connectivity index (χ2n) is 5.40. The number of nitro groups is 1. The van der Waals surface area contributed by atoms with Gasteiger partial charge in [0.15, 0.2) is 0 Å². The molecule has 0 unspecified atom stereocenters. The van der Waals surface area contributed by atoms with Crippen LogP contribution in [0.3, 0.4) is 0 Å². The average Bonchev–Trinajstić information content (AvgIpc) is 2.56. The van der Waals surface area contributed by atoms with Crippen molar-refractivity contribution < 1.29 is 14.5 Å². The third-order valence-electron chi connectivity index (χ3n) is 3.31. The highest BCUT2D eigenvalue weighted by molar-refractivity contribution is 6.30. The number of rotatable bonds is 8. The van der Waals surface area contributed by atoms with Gasteiger partial charge in [-0.15, -0.1) is 0 Å². The first-order valence-corrected chi connectivity index (χ1v) is 7.93. The zero-order valence-corrected chi connectivity index (χ0v) is 14.4. The molecular formula is C17H18ClN3O4. The molecule has 0 aliphatic heterocycles. The van der Waals surface area contributed by atoms with E-state index in [2.05, 4.69) is 5.32 Å². The molecule has 2 aromatic rings. The first-order valence-electron chi connectivity index (χ1n) is 7.55. The molecule has 0 spiro atoms. The number of nitro benzene ring substituents is 1. The largest absolute Gasteiger partial charge is 0.492 e. The lowest BCUT2D eigenvalue weighted by atomic mass is 10.3. The van der Waals surface area contributed by atoms with Crippen LogP contribution in [0.5, 0.6) is 5.75 Å². The Balaban J connectivity index is 1.75. The zero-order valence-electron chi connectivity index (χ0n) is 13.6. The zero-order chi connectivity index (χ0) is 18.2. The van der Waals surface area contributed by atoms with Crippen LogP contribution < -0.4 is 10.1 Å². The number of amides is 1. The second kappa shape index (κ2) is 9.00. The molecule has 0 atom stereocenters. The average molecular weight is 364 g/mol. The molecule has 2 rings (SSSR count). The second-order valence-corrected chi connectivity index (χ2v) is 5.83. The minimum Gasteiger partial charge on any atom is -0.492 e. The number of carbonyl (C=O) groups excluding carboxylic acids is 1. The maximum absolute atomic E-state index is 12.0. The summed E-state index contributed by atoms with van der Waals surface area (Å²) in [6, 6.07) is 12.9. The highest BCUT2D eigenvalue weighted by atomic mass is 35.5. The van der Waals surface area contributed by atoms with Gasteiger partial charge in [0.25, 0.3) is 5.69 Å². The minimum atomic E-state index is -0.504. The number of benzene rings is 2. The van der Waals surface area contributed by atoms with Crippen LogP contribution in [0.4, 0.5) is 11.4 Å². The Morgan fingerprint density at radius 2 is 2.00 bits per heavy atom. The smallest absolute Gasteiger partial charge is 0.271 e. The van der Waals surface area contributed by atoms with Gasteiger partial charge in [-0.1, -0.05) is 17.7 Å². The number of nitrogens with zero attached hydrogens (tertiary/aromatic N) is 2. The molecule has 25 heavy (non-hydrogen) atoms. The molecule has 0 heterocycles. The minimum absolute atomic E-state index is 0.0671. The van der Waals surface area contributed by atoms with Gasteiger partial charge in [-0.25, -0.2) is 0 Å². The molecule has 0 fully saturated rings. The number of carbonyl (C=O) groups is 1. The molecule has 0 bridgehead atoms. The van der Waals surface area contributed by atoms with Crippen molar-refractivity contribution >= 4 is 28.9 Å². The van der Waals surface area contributed by atoms with Gasteiger partial charge in [0.2, 0.25) is 5.91 Å². The van der Waals surface area contributed by atoms with Crippen molar-refractivity contribution in [3.8, 4) is 5.75 Å². The van der Waals surface area contributed by atoms with Crippen molar-refractivity contribution in [1.82, 2.24) is 4.90 Å². The fraction of sp³-hybridized carbons (Fsp3) is 0.235. The lowest BCUT2D eigenvalue weighted by molar-refractivity contribution is -0.384. The highest BCUT2D eigenvalue weighted by Crippen LogP contribution is 2.17. The van der Waals surface area contributed by atoms with Crippen molar-refractivity contribution in [3.63, 3.8) is 0 Å². The van der Waals surface area contributed by atoms with Gasteiger partial charge in [0, 0.05) is 29.4 Å². The van der Waals surface area contributed by atoms with E-state index in [1.54, 1.807) is 42.3 Å². The Kier molecular flexibility index (Phi) is 6.73. The fourth-order valence-electron chi connectivity index (χ4n) is 2.07. The number of halogens is 1. The number of hydrogen-bond donors (Lipinski definition) is 1. The topological polar surface area (TPSA) is 84.7 Å². The van der Waals surface area contributed by atoms with E-state index in [-0.39, 0.29) is 18.1 Å². The number of hydrogen-bond acceptors (Lipinski definition) is 5. The van der Waals surface area contributed by atoms with Crippen LogP contribution in [-0.2, 0) is 4.79 Å². The maximum atomic E-state index is 12.0. The van der Waals surface area contributed by atoms with Gasteiger partial charge < -0.3 is 10.1 Å². The molecule has 132 valence electrons. The van der Waals surface area contributed by atoms with Crippen molar-refractivity contribution in [2.45, 2.75) is 0 Å². The standard InChI is InChI=1S/C17H18ClN3O4/c1-20(9-10-25-16-7-5-13(18)6-8-16)12-17(22)19-14-3-2-4-15(11-14)21(23)24/h2-8,11H,9-10,12H2,1H3,(H,19,22). The molecule has 0 aliphatic carbocycles. The van der Waals surface area contributed by atoms with E-state index in [0.717, 1.165) is 0 Å². The first-order chi connectivity index (χ1) is 11.9. The van der Waals surface area contributed by atoms with Crippen LogP contribution in [0, 0.1) is 10.1 Å². The first kappa shape index (κ1) is 18.7. The SMILES string of the molecule is CN(CCOc1ccc(Cl)cc1)CC(=O)Nc1cccc([N+](=O)[O-])c1. The van der Waals surface area contributed by atoms with E-state index in [4.69, 9.17) is 16.3 Å². The summed E-state index contributed by atoms with van der Waals surface area (Å²) < 4.78 is 5.57. The number of ether oxygens (including phenoxy) is 1. The van der Waals surface area contributed by atoms with Gasteiger partial charge in [0.05, 0.1) is 11.5 Å². The van der Waals surface area contributed by atoms with Crippen molar-refractivity contribution in [1.29, 1.82) is 0 Å². The summed E-state index contributed by atoms with van der Waals surface area (Å²) in [4.78, 5) is 24.0. The van der Waals surface area contributed by atoms with E-state index in [0.29, 0.717) is 29.6 Å². The van der Waals surface area contributed by atoms with E-state index in [1.807, 2.05) is 0 Å². The lowest BCUT2D eigenvalue weighted by Crippen LogP contribution is -2.33. The van der Waals surface area contributed by atoms with Crippen LogP contribution in [0.25, 0.3) is 0 Å². The van der Waals surface area contributed by atoms with E-state index in [9.17, 15) is 14.9 Å². The molecule has 1 amide bonds. The quantitative estimate of drug-likeness (QED) is 0.575. The summed E-state index contributed by atoms with van der Waals surface area (Å²) in [6.07, 6.45) is 0. The summed E-state index contributed by atoms with van der Waals surface area (Å²) in [5, 5.41) is 14.0. The van der Waals surface area contributed by atoms with Gasteiger partial charge in [-0.05, 0) is 37.4 Å². The number of non-ortho nitro benzene ring substituents is 1. The fourth-order valence-corrected chi connectivity index (χ4v) is 2.20. The van der Waals surface area contributed by atoms with Crippen molar-refractivity contribution in [2.24, 2.45) is 0 Å². The van der Waals surface area contributed by atoms with Crippen LogP contribution in [-0.4, -0.2) is 42.5 Å². The summed E-state index contributed by atoms with van der Waals surface area (Å²) in [7, 11) is 1.79. The summed E-state index contributed by atoms with van der Waals surface area (Å²) in [5.74, 6) is 0.452. The summed E-state index contributed by atoms with van der Waals surface area (Å²) in [6.45, 7) is 1.11. The monoisotopic (exact) mass is 363 g/mol. The Morgan fingerprint density at radius 1 is 1.28 bits per heavy atom. The molecule has 8 heteroatoms. The maximum Gasteiger partial charge on any atom is 0.271 e. The molecule has 1 N–H and O–H groups in total. The molecule has 0 aliphatic rings. The third kappa shape index (κ3) is 6.40. The number of anilines is 1. The normalized spacial score (nSPS) is 10.5. The predicted octanol–water partition coefficient (Wildman–Crippen LogP) is 3.20. The number of likely N-dealkylation sites (N-methyl/N-ethyl adjacent to an activating group) is 1. The van der Waals surface area contributed by atoms with Crippen LogP contribution in [0.2, 0.25) is 5.02 Å². The Hall–Kier alpha value is -2.64. The van der Waals surface area contributed by atoms with Crippen molar-refractivity contribution in [3.05, 3.63) is 63.7 Å². The van der Waals surface area contributed by atoms with Crippen LogP contribution in [0.1, 0.15) is 0 Å².